The van der Waals surface area contributed by atoms with Gasteiger partial charge in [0.2, 0.25) is 0 Å². The van der Waals surface area contributed by atoms with Crippen LogP contribution in [0.15, 0.2) is 170 Å². The van der Waals surface area contributed by atoms with Crippen LogP contribution in [0.1, 0.15) is 5.56 Å². The third-order valence-corrected chi connectivity index (χ3v) is 9.16. The number of fused-ring (bicyclic) bond motifs is 3. The molecule has 0 amide bonds. The van der Waals surface area contributed by atoms with Crippen LogP contribution in [0.25, 0.3) is 84.0 Å². The number of aryl methyl sites for hydroxylation is 1. The molecule has 0 radical (unpaired) electrons. The van der Waals surface area contributed by atoms with Crippen LogP contribution < -0.4 is 0 Å². The molecule has 5 heteroatoms. The Kier molecular flexibility index (Phi) is 7.29. The van der Waals surface area contributed by atoms with Gasteiger partial charge in [-0.05, 0) is 60.5 Å². The van der Waals surface area contributed by atoms with Crippen molar-refractivity contribution in [2.75, 3.05) is 0 Å². The van der Waals surface area contributed by atoms with Gasteiger partial charge in [-0.25, -0.2) is 15.0 Å². The van der Waals surface area contributed by atoms with Crippen LogP contribution >= 0.6 is 0 Å². The van der Waals surface area contributed by atoms with Gasteiger partial charge in [0.15, 0.2) is 17.5 Å². The summed E-state index contributed by atoms with van der Waals surface area (Å²) in [6.45, 7) is 2.14. The topological polar surface area (TPSA) is 56.5 Å². The minimum absolute atomic E-state index is 0.591. The van der Waals surface area contributed by atoms with Crippen LogP contribution in [0.2, 0.25) is 0 Å². The zero-order chi connectivity index (χ0) is 33.4. The summed E-state index contributed by atoms with van der Waals surface area (Å²) in [5, 5.41) is 2.37. The van der Waals surface area contributed by atoms with Crippen molar-refractivity contribution in [2.45, 2.75) is 6.92 Å². The fourth-order valence-corrected chi connectivity index (χ4v) is 6.77. The molecule has 9 rings (SSSR count). The van der Waals surface area contributed by atoms with E-state index in [1.54, 1.807) is 0 Å². The second-order valence-electron chi connectivity index (χ2n) is 12.4. The summed E-state index contributed by atoms with van der Waals surface area (Å²) in [7, 11) is 0. The summed E-state index contributed by atoms with van der Waals surface area (Å²) in [6.07, 6.45) is 1.83. The van der Waals surface area contributed by atoms with Gasteiger partial charge in [-0.1, -0.05) is 127 Å². The van der Waals surface area contributed by atoms with Crippen molar-refractivity contribution in [1.82, 2.24) is 24.5 Å². The van der Waals surface area contributed by atoms with E-state index >= 15 is 0 Å². The molecule has 9 aromatic rings. The highest BCUT2D eigenvalue weighted by molar-refractivity contribution is 6.11. The second kappa shape index (κ2) is 12.4. The number of hydrogen-bond acceptors (Lipinski definition) is 4. The maximum atomic E-state index is 5.17. The number of hydrogen-bond donors (Lipinski definition) is 0. The highest BCUT2D eigenvalue weighted by Crippen LogP contribution is 2.39. The van der Waals surface area contributed by atoms with Gasteiger partial charge in [0.1, 0.15) is 0 Å². The molecule has 0 atom stereocenters. The molecule has 0 aliphatic carbocycles. The Morgan fingerprint density at radius 2 is 1.04 bits per heavy atom. The van der Waals surface area contributed by atoms with Crippen molar-refractivity contribution in [3.8, 4) is 62.2 Å². The van der Waals surface area contributed by atoms with Gasteiger partial charge in [0.05, 0.1) is 22.4 Å². The molecule has 3 heterocycles. The average Bonchev–Trinajstić information content (AvgIpc) is 3.52. The van der Waals surface area contributed by atoms with E-state index in [0.717, 1.165) is 44.7 Å². The Bertz CT molecular complexity index is 2590. The van der Waals surface area contributed by atoms with Gasteiger partial charge in [-0.15, -0.1) is 0 Å². The van der Waals surface area contributed by atoms with Crippen LogP contribution in [0.3, 0.4) is 0 Å². The van der Waals surface area contributed by atoms with Gasteiger partial charge >= 0.3 is 0 Å². The molecule has 0 N–H and O–H groups in total. The van der Waals surface area contributed by atoms with E-state index in [4.69, 9.17) is 19.9 Å². The summed E-state index contributed by atoms with van der Waals surface area (Å²) >= 11 is 0. The van der Waals surface area contributed by atoms with Gasteiger partial charge in [-0.2, -0.15) is 0 Å². The Morgan fingerprint density at radius 1 is 0.420 bits per heavy atom. The molecular formula is C45H31N5. The van der Waals surface area contributed by atoms with Gasteiger partial charge in [0, 0.05) is 39.2 Å². The van der Waals surface area contributed by atoms with E-state index in [-0.39, 0.29) is 0 Å². The number of para-hydroxylation sites is 1. The van der Waals surface area contributed by atoms with E-state index in [1.165, 1.54) is 27.5 Å². The fraction of sp³-hybridized carbons (Fsp3) is 0.0222. The van der Waals surface area contributed by atoms with E-state index < -0.39 is 0 Å². The second-order valence-corrected chi connectivity index (χ2v) is 12.4. The summed E-state index contributed by atoms with van der Waals surface area (Å²) in [5.41, 5.74) is 11.4. The van der Waals surface area contributed by atoms with Gasteiger partial charge in [0.25, 0.3) is 0 Å². The molecule has 3 aromatic heterocycles. The van der Waals surface area contributed by atoms with Gasteiger partial charge < -0.3 is 4.57 Å². The SMILES string of the molecule is Cc1cccc(-c2ccc3c(c2)c2ccccc2n3-c2ccc(-c3ccccn3)cc2-c2nc(-c3ccccc3)nc(-c3ccccc3)n2)c1. The lowest BCUT2D eigenvalue weighted by atomic mass is 10.0. The predicted molar refractivity (Wildman–Crippen MR) is 204 cm³/mol. The summed E-state index contributed by atoms with van der Waals surface area (Å²) in [5.74, 6) is 1.83. The van der Waals surface area contributed by atoms with E-state index in [9.17, 15) is 0 Å². The zero-order valence-electron chi connectivity index (χ0n) is 27.4. The summed E-state index contributed by atoms with van der Waals surface area (Å²) in [4.78, 5) is 20.0. The van der Waals surface area contributed by atoms with Crippen molar-refractivity contribution in [3.63, 3.8) is 0 Å². The maximum Gasteiger partial charge on any atom is 0.166 e. The van der Waals surface area contributed by atoms with Crippen molar-refractivity contribution >= 4 is 21.8 Å². The molecule has 0 spiro atoms. The summed E-state index contributed by atoms with van der Waals surface area (Å²) in [6, 6.07) is 56.7. The molecule has 0 unspecified atom stereocenters. The largest absolute Gasteiger partial charge is 0.309 e. The number of rotatable bonds is 6. The van der Waals surface area contributed by atoms with Crippen LogP contribution in [-0.2, 0) is 0 Å². The molecule has 5 nitrogen and oxygen atoms in total. The number of benzene rings is 6. The Hall–Kier alpha value is -6.72. The Morgan fingerprint density at radius 3 is 1.76 bits per heavy atom. The highest BCUT2D eigenvalue weighted by Gasteiger charge is 2.21. The van der Waals surface area contributed by atoms with Crippen molar-refractivity contribution in [3.05, 3.63) is 176 Å². The molecule has 50 heavy (non-hydrogen) atoms. The normalized spacial score (nSPS) is 11.3. The minimum atomic E-state index is 0.591. The predicted octanol–water partition coefficient (Wildman–Crippen LogP) is 11.0. The first-order valence-corrected chi connectivity index (χ1v) is 16.7. The smallest absolute Gasteiger partial charge is 0.166 e. The van der Waals surface area contributed by atoms with E-state index in [1.807, 2.05) is 85.1 Å². The van der Waals surface area contributed by atoms with Crippen molar-refractivity contribution in [2.24, 2.45) is 0 Å². The molecule has 236 valence electrons. The first kappa shape index (κ1) is 29.4. The first-order chi connectivity index (χ1) is 24.7. The maximum absolute atomic E-state index is 5.17. The molecule has 0 saturated heterocycles. The highest BCUT2D eigenvalue weighted by atomic mass is 15.1. The van der Waals surface area contributed by atoms with Crippen molar-refractivity contribution < 1.29 is 0 Å². The first-order valence-electron chi connectivity index (χ1n) is 16.7. The monoisotopic (exact) mass is 641 g/mol. The molecular weight excluding hydrogens is 611 g/mol. The molecule has 0 aliphatic rings. The van der Waals surface area contributed by atoms with Crippen LogP contribution in [-0.4, -0.2) is 24.5 Å². The molecule has 0 saturated carbocycles. The lowest BCUT2D eigenvalue weighted by Crippen LogP contribution is -2.04. The minimum Gasteiger partial charge on any atom is -0.309 e. The quantitative estimate of drug-likeness (QED) is 0.181. The van der Waals surface area contributed by atoms with Crippen LogP contribution in [0.4, 0.5) is 0 Å². The molecule has 0 aliphatic heterocycles. The summed E-state index contributed by atoms with van der Waals surface area (Å²) < 4.78 is 2.34. The Labute approximate surface area is 290 Å². The molecule has 6 aromatic carbocycles. The Balaban J connectivity index is 1.33. The van der Waals surface area contributed by atoms with Crippen LogP contribution in [0, 0.1) is 6.92 Å². The third kappa shape index (κ3) is 5.31. The number of aromatic nitrogens is 5. The lowest BCUT2D eigenvalue weighted by Gasteiger charge is -2.16. The van der Waals surface area contributed by atoms with E-state index in [2.05, 4.69) is 96.4 Å². The zero-order valence-corrected chi connectivity index (χ0v) is 27.4. The average molecular weight is 642 g/mol. The number of nitrogens with zero attached hydrogens (tertiary/aromatic N) is 5. The van der Waals surface area contributed by atoms with Crippen LogP contribution in [0.5, 0.6) is 0 Å². The lowest BCUT2D eigenvalue weighted by molar-refractivity contribution is 1.06. The standard InChI is InChI=1S/C45H31N5/c1-30-13-12-18-33(27-30)34-22-24-41-37(28-34)36-19-8-9-21-40(36)50(41)42-25-23-35(39-20-10-11-26-46-39)29-38(42)45-48-43(31-14-4-2-5-15-31)47-44(49-45)32-16-6-3-7-17-32/h2-29H,1H3. The van der Waals surface area contributed by atoms with Crippen molar-refractivity contribution in [1.29, 1.82) is 0 Å². The molecule has 0 fully saturated rings. The van der Waals surface area contributed by atoms with E-state index in [0.29, 0.717) is 17.5 Å². The number of pyridine rings is 1. The van der Waals surface area contributed by atoms with Gasteiger partial charge in [-0.3, -0.25) is 4.98 Å². The third-order valence-electron chi connectivity index (χ3n) is 9.16. The fourth-order valence-electron chi connectivity index (χ4n) is 6.77. The molecule has 0 bridgehead atoms.